The molecule has 0 saturated heterocycles. The highest BCUT2D eigenvalue weighted by atomic mass is 19.3. The molecule has 0 aliphatic heterocycles. The van der Waals surface area contributed by atoms with Gasteiger partial charge in [-0.1, -0.05) is 44.2 Å². The lowest BCUT2D eigenvalue weighted by Gasteiger charge is -2.27. The number of ketones is 1. The fourth-order valence-corrected chi connectivity index (χ4v) is 3.11. The first-order chi connectivity index (χ1) is 15.6. The van der Waals surface area contributed by atoms with Gasteiger partial charge in [-0.2, -0.15) is 8.78 Å². The number of ether oxygens (including phenoxy) is 1. The number of halogens is 2. The molecule has 0 spiro atoms. The molecule has 1 rings (SSSR count). The SMILES string of the molecule is CC(=O)NC[C@H](C(=O)NCC(F)(F)C(=O)C(CC(C)C)NC(=O)OC(C)(C)C)c1ccccc1. The van der Waals surface area contributed by atoms with Gasteiger partial charge < -0.3 is 20.7 Å². The monoisotopic (exact) mass is 483 g/mol. The molecule has 0 bridgehead atoms. The van der Waals surface area contributed by atoms with Crippen molar-refractivity contribution in [1.29, 1.82) is 0 Å². The Kier molecular flexibility index (Phi) is 10.6. The second-order valence-electron chi connectivity index (χ2n) is 9.52. The molecule has 34 heavy (non-hydrogen) atoms. The van der Waals surface area contributed by atoms with E-state index in [4.69, 9.17) is 4.74 Å². The van der Waals surface area contributed by atoms with Gasteiger partial charge in [-0.3, -0.25) is 14.4 Å². The minimum Gasteiger partial charge on any atom is -0.444 e. The Morgan fingerprint density at radius 1 is 1.00 bits per heavy atom. The van der Waals surface area contributed by atoms with E-state index >= 15 is 0 Å². The summed E-state index contributed by atoms with van der Waals surface area (Å²) in [6.07, 6.45) is -1.01. The summed E-state index contributed by atoms with van der Waals surface area (Å²) in [4.78, 5) is 48.7. The van der Waals surface area contributed by atoms with Crippen LogP contribution in [0, 0.1) is 5.92 Å². The van der Waals surface area contributed by atoms with E-state index in [1.807, 2.05) is 0 Å². The summed E-state index contributed by atoms with van der Waals surface area (Å²) in [6.45, 7) is 8.21. The lowest BCUT2D eigenvalue weighted by atomic mass is 9.96. The highest BCUT2D eigenvalue weighted by molar-refractivity contribution is 5.94. The van der Waals surface area contributed by atoms with Gasteiger partial charge in [0, 0.05) is 13.5 Å². The van der Waals surface area contributed by atoms with Gasteiger partial charge in [0.25, 0.3) is 0 Å². The number of amides is 3. The van der Waals surface area contributed by atoms with Crippen LogP contribution in [-0.2, 0) is 19.1 Å². The molecular formula is C24H35F2N3O5. The molecule has 3 N–H and O–H groups in total. The summed E-state index contributed by atoms with van der Waals surface area (Å²) < 4.78 is 34.7. The summed E-state index contributed by atoms with van der Waals surface area (Å²) in [6, 6.07) is 6.88. The molecule has 1 aromatic carbocycles. The van der Waals surface area contributed by atoms with Gasteiger partial charge >= 0.3 is 12.0 Å². The van der Waals surface area contributed by atoms with Crippen molar-refractivity contribution in [3.8, 4) is 0 Å². The van der Waals surface area contributed by atoms with Crippen molar-refractivity contribution in [3.63, 3.8) is 0 Å². The van der Waals surface area contributed by atoms with E-state index in [2.05, 4.69) is 16.0 Å². The molecular weight excluding hydrogens is 448 g/mol. The normalized spacial score (nSPS) is 13.6. The third kappa shape index (κ3) is 10.3. The first kappa shape index (κ1) is 29.0. The van der Waals surface area contributed by atoms with Crippen LogP contribution in [-0.4, -0.2) is 54.3 Å². The fourth-order valence-electron chi connectivity index (χ4n) is 3.11. The minimum absolute atomic E-state index is 0.0310. The Bertz CT molecular complexity index is 854. The topological polar surface area (TPSA) is 114 Å². The number of carbonyl (C=O) groups excluding carboxylic acids is 4. The summed E-state index contributed by atoms with van der Waals surface area (Å²) in [5, 5.41) is 6.86. The lowest BCUT2D eigenvalue weighted by Crippen LogP contribution is -2.54. The maximum atomic E-state index is 14.8. The maximum absolute atomic E-state index is 14.8. The van der Waals surface area contributed by atoms with Crippen LogP contribution >= 0.6 is 0 Å². The summed E-state index contributed by atoms with van der Waals surface area (Å²) in [5.41, 5.74) is -0.348. The number of hydrogen-bond donors (Lipinski definition) is 3. The van der Waals surface area contributed by atoms with Crippen molar-refractivity contribution < 1.29 is 32.7 Å². The Balaban J connectivity index is 2.94. The average molecular weight is 484 g/mol. The van der Waals surface area contributed by atoms with Crippen molar-refractivity contribution in [2.45, 2.75) is 71.4 Å². The van der Waals surface area contributed by atoms with E-state index < -0.39 is 47.8 Å². The number of rotatable bonds is 11. The molecule has 1 aromatic rings. The summed E-state index contributed by atoms with van der Waals surface area (Å²) >= 11 is 0. The third-order valence-corrected chi connectivity index (χ3v) is 4.63. The smallest absolute Gasteiger partial charge is 0.408 e. The van der Waals surface area contributed by atoms with Crippen LogP contribution in [0.5, 0.6) is 0 Å². The highest BCUT2D eigenvalue weighted by Gasteiger charge is 2.44. The number of carbonyl (C=O) groups is 4. The first-order valence-corrected chi connectivity index (χ1v) is 11.1. The second-order valence-corrected chi connectivity index (χ2v) is 9.52. The van der Waals surface area contributed by atoms with Gasteiger partial charge in [-0.15, -0.1) is 0 Å². The minimum atomic E-state index is -3.94. The molecule has 10 heteroatoms. The molecule has 2 atom stereocenters. The van der Waals surface area contributed by atoms with Crippen LogP contribution in [0.2, 0.25) is 0 Å². The number of alkyl carbamates (subject to hydrolysis) is 1. The molecule has 0 aliphatic rings. The second kappa shape index (κ2) is 12.4. The summed E-state index contributed by atoms with van der Waals surface area (Å²) in [5.74, 6) is -7.71. The standard InChI is InChI=1S/C24H35F2N3O5/c1-15(2)12-19(29-22(33)34-23(4,5)6)20(31)24(25,26)14-28-21(32)18(13-27-16(3)30)17-10-8-7-9-11-17/h7-11,15,18-19H,12-14H2,1-6H3,(H,27,30)(H,28,32)(H,29,33)/t18-,19?/m0/s1. The van der Waals surface area contributed by atoms with E-state index in [9.17, 15) is 28.0 Å². The van der Waals surface area contributed by atoms with E-state index in [0.29, 0.717) is 5.56 Å². The maximum Gasteiger partial charge on any atom is 0.408 e. The van der Waals surface area contributed by atoms with E-state index in [-0.39, 0.29) is 24.8 Å². The molecule has 1 unspecified atom stereocenters. The highest BCUT2D eigenvalue weighted by Crippen LogP contribution is 2.21. The van der Waals surface area contributed by atoms with Crippen molar-refractivity contribution in [2.24, 2.45) is 5.92 Å². The molecule has 190 valence electrons. The number of benzene rings is 1. The van der Waals surface area contributed by atoms with Crippen molar-refractivity contribution in [3.05, 3.63) is 35.9 Å². The molecule has 0 aliphatic carbocycles. The van der Waals surface area contributed by atoms with Crippen LogP contribution in [0.25, 0.3) is 0 Å². The van der Waals surface area contributed by atoms with Gasteiger partial charge in [-0.05, 0) is 38.7 Å². The number of nitrogens with one attached hydrogen (secondary N) is 3. The Morgan fingerprint density at radius 3 is 2.09 bits per heavy atom. The van der Waals surface area contributed by atoms with E-state index in [1.54, 1.807) is 65.0 Å². The van der Waals surface area contributed by atoms with Crippen LogP contribution in [0.15, 0.2) is 30.3 Å². The molecule has 0 heterocycles. The molecule has 8 nitrogen and oxygen atoms in total. The Morgan fingerprint density at radius 2 is 1.59 bits per heavy atom. The molecule has 3 amide bonds. The molecule has 0 fully saturated rings. The van der Waals surface area contributed by atoms with Crippen LogP contribution in [0.4, 0.5) is 13.6 Å². The quantitative estimate of drug-likeness (QED) is 0.447. The van der Waals surface area contributed by atoms with Crippen molar-refractivity contribution >= 4 is 23.7 Å². The number of alkyl halides is 2. The molecule has 0 radical (unpaired) electrons. The van der Waals surface area contributed by atoms with E-state index in [0.717, 1.165) is 0 Å². The average Bonchev–Trinajstić information content (AvgIpc) is 2.70. The van der Waals surface area contributed by atoms with Gasteiger partial charge in [0.05, 0.1) is 18.5 Å². The molecule has 0 saturated carbocycles. The van der Waals surface area contributed by atoms with Crippen LogP contribution in [0.3, 0.4) is 0 Å². The third-order valence-electron chi connectivity index (χ3n) is 4.63. The predicted molar refractivity (Wildman–Crippen MR) is 123 cm³/mol. The van der Waals surface area contributed by atoms with Crippen LogP contribution in [0.1, 0.15) is 59.4 Å². The van der Waals surface area contributed by atoms with Crippen LogP contribution < -0.4 is 16.0 Å². The largest absolute Gasteiger partial charge is 0.444 e. The first-order valence-electron chi connectivity index (χ1n) is 11.1. The van der Waals surface area contributed by atoms with Gasteiger partial charge in [0.1, 0.15) is 5.60 Å². The Labute approximate surface area is 199 Å². The fraction of sp³-hybridized carbons (Fsp3) is 0.583. The zero-order valence-corrected chi connectivity index (χ0v) is 20.5. The zero-order chi connectivity index (χ0) is 26.1. The number of hydrogen-bond acceptors (Lipinski definition) is 5. The molecule has 0 aromatic heterocycles. The lowest BCUT2D eigenvalue weighted by molar-refractivity contribution is -0.146. The van der Waals surface area contributed by atoms with Gasteiger partial charge in [-0.25, -0.2) is 4.79 Å². The van der Waals surface area contributed by atoms with E-state index in [1.165, 1.54) is 6.92 Å². The van der Waals surface area contributed by atoms with Crippen molar-refractivity contribution in [1.82, 2.24) is 16.0 Å². The van der Waals surface area contributed by atoms with Gasteiger partial charge in [0.2, 0.25) is 17.6 Å². The predicted octanol–water partition coefficient (Wildman–Crippen LogP) is 3.17. The summed E-state index contributed by atoms with van der Waals surface area (Å²) in [7, 11) is 0. The number of Topliss-reactive ketones (excluding diaryl/α,β-unsaturated/α-hetero) is 1. The zero-order valence-electron chi connectivity index (χ0n) is 20.5. The Hall–Kier alpha value is -3.04. The van der Waals surface area contributed by atoms with Crippen molar-refractivity contribution in [2.75, 3.05) is 13.1 Å². The van der Waals surface area contributed by atoms with Gasteiger partial charge in [0.15, 0.2) is 0 Å².